The van der Waals surface area contributed by atoms with E-state index in [2.05, 4.69) is 22.8 Å². The molecule has 4 heterocycles. The molecule has 0 aromatic carbocycles. The van der Waals surface area contributed by atoms with E-state index in [0.717, 1.165) is 30.9 Å². The summed E-state index contributed by atoms with van der Waals surface area (Å²) >= 11 is 3.48. The number of hydrogen-bond acceptors (Lipinski definition) is 4. The Bertz CT molecular complexity index is 655. The van der Waals surface area contributed by atoms with Crippen molar-refractivity contribution in [2.24, 2.45) is 0 Å². The van der Waals surface area contributed by atoms with Gasteiger partial charge in [0.25, 0.3) is 5.91 Å². The molecule has 5 heteroatoms. The van der Waals surface area contributed by atoms with E-state index in [1.807, 2.05) is 22.3 Å². The fourth-order valence-corrected chi connectivity index (χ4v) is 5.14. The Balaban J connectivity index is 1.50. The lowest BCUT2D eigenvalue weighted by Gasteiger charge is -2.26. The molecule has 0 spiro atoms. The van der Waals surface area contributed by atoms with Gasteiger partial charge in [0.2, 0.25) is 0 Å². The fraction of sp³-hybridized carbons (Fsp3) is 0.438. The largest absolute Gasteiger partial charge is 0.333 e. The van der Waals surface area contributed by atoms with Crippen LogP contribution in [0, 0.1) is 0 Å². The highest BCUT2D eigenvalue weighted by atomic mass is 32.1. The number of hydrogen-bond donors (Lipinski definition) is 1. The van der Waals surface area contributed by atoms with E-state index in [4.69, 9.17) is 0 Å². The molecule has 2 aliphatic heterocycles. The van der Waals surface area contributed by atoms with Crippen molar-refractivity contribution in [2.75, 3.05) is 13.1 Å². The predicted octanol–water partition coefficient (Wildman–Crippen LogP) is 3.43. The molecule has 2 aromatic rings. The van der Waals surface area contributed by atoms with Crippen molar-refractivity contribution in [3.05, 3.63) is 43.8 Å². The van der Waals surface area contributed by atoms with E-state index in [1.165, 1.54) is 28.2 Å². The number of carbonyl (C=O) groups excluding carboxylic acids is 1. The van der Waals surface area contributed by atoms with Gasteiger partial charge in [-0.15, -0.1) is 22.7 Å². The van der Waals surface area contributed by atoms with Crippen molar-refractivity contribution >= 4 is 28.6 Å². The first-order chi connectivity index (χ1) is 10.3. The van der Waals surface area contributed by atoms with Gasteiger partial charge in [0.05, 0.1) is 4.88 Å². The van der Waals surface area contributed by atoms with Crippen molar-refractivity contribution in [1.29, 1.82) is 0 Å². The van der Waals surface area contributed by atoms with Crippen LogP contribution in [0.25, 0.3) is 0 Å². The average molecular weight is 318 g/mol. The van der Waals surface area contributed by atoms with Crippen LogP contribution in [0.2, 0.25) is 0 Å². The molecule has 2 aromatic heterocycles. The highest BCUT2D eigenvalue weighted by Crippen LogP contribution is 2.31. The molecule has 0 saturated carbocycles. The van der Waals surface area contributed by atoms with Crippen LogP contribution in [-0.4, -0.2) is 23.9 Å². The minimum atomic E-state index is 0.195. The Morgan fingerprint density at radius 1 is 1.33 bits per heavy atom. The first-order valence-corrected chi connectivity index (χ1v) is 9.18. The van der Waals surface area contributed by atoms with Gasteiger partial charge in [0.15, 0.2) is 0 Å². The zero-order valence-electron chi connectivity index (χ0n) is 11.8. The standard InChI is InChI=1S/C16H18N2OS2/c19-16(18-8-5-13-11(10-18)6-9-20-13)15-4-3-14(21-15)12-2-1-7-17-12/h3-4,6,9,12,17H,1-2,5,7-8,10H2. The summed E-state index contributed by atoms with van der Waals surface area (Å²) in [6, 6.07) is 6.75. The number of nitrogens with one attached hydrogen (secondary N) is 1. The zero-order valence-corrected chi connectivity index (χ0v) is 13.4. The fourth-order valence-electron chi connectivity index (χ4n) is 3.16. The second-order valence-electron chi connectivity index (χ2n) is 5.70. The lowest BCUT2D eigenvalue weighted by Crippen LogP contribution is -2.34. The Morgan fingerprint density at radius 3 is 3.14 bits per heavy atom. The van der Waals surface area contributed by atoms with Crippen LogP contribution >= 0.6 is 22.7 Å². The molecule has 0 bridgehead atoms. The summed E-state index contributed by atoms with van der Waals surface area (Å²) < 4.78 is 0. The molecule has 1 fully saturated rings. The van der Waals surface area contributed by atoms with E-state index in [1.54, 1.807) is 11.3 Å². The number of fused-ring (bicyclic) bond motifs is 1. The third-order valence-electron chi connectivity index (χ3n) is 4.34. The van der Waals surface area contributed by atoms with Crippen LogP contribution in [0.5, 0.6) is 0 Å². The lowest BCUT2D eigenvalue weighted by molar-refractivity contribution is 0.0741. The van der Waals surface area contributed by atoms with Crippen LogP contribution in [0.1, 0.15) is 43.9 Å². The summed E-state index contributed by atoms with van der Waals surface area (Å²) in [5.41, 5.74) is 1.33. The number of thiophene rings is 2. The molecule has 1 saturated heterocycles. The molecular weight excluding hydrogens is 300 g/mol. The minimum absolute atomic E-state index is 0.195. The molecule has 21 heavy (non-hydrogen) atoms. The third-order valence-corrected chi connectivity index (χ3v) is 6.55. The van der Waals surface area contributed by atoms with E-state index in [9.17, 15) is 4.79 Å². The SMILES string of the molecule is O=C(c1ccc(C2CCCN2)s1)N1CCc2sccc2C1. The third kappa shape index (κ3) is 2.54. The summed E-state index contributed by atoms with van der Waals surface area (Å²) in [4.78, 5) is 18.3. The maximum atomic E-state index is 12.7. The van der Waals surface area contributed by atoms with Crippen LogP contribution in [-0.2, 0) is 13.0 Å². The zero-order chi connectivity index (χ0) is 14.2. The number of amides is 1. The minimum Gasteiger partial charge on any atom is -0.333 e. The van der Waals surface area contributed by atoms with Crippen molar-refractivity contribution < 1.29 is 4.79 Å². The summed E-state index contributed by atoms with van der Waals surface area (Å²) in [5, 5.41) is 5.63. The monoisotopic (exact) mass is 318 g/mol. The Labute approximate surface area is 132 Å². The molecule has 4 rings (SSSR count). The Morgan fingerprint density at radius 2 is 2.29 bits per heavy atom. The molecule has 3 nitrogen and oxygen atoms in total. The number of nitrogens with zero attached hydrogens (tertiary/aromatic N) is 1. The van der Waals surface area contributed by atoms with Crippen molar-refractivity contribution in [2.45, 2.75) is 31.8 Å². The maximum absolute atomic E-state index is 12.7. The second kappa shape index (κ2) is 5.55. The van der Waals surface area contributed by atoms with Crippen LogP contribution in [0.4, 0.5) is 0 Å². The molecule has 0 radical (unpaired) electrons. The van der Waals surface area contributed by atoms with Crippen LogP contribution < -0.4 is 5.32 Å². The maximum Gasteiger partial charge on any atom is 0.264 e. The Kier molecular flexibility index (Phi) is 3.57. The van der Waals surface area contributed by atoms with Gasteiger partial charge in [-0.05, 0) is 54.9 Å². The van der Waals surface area contributed by atoms with Crippen molar-refractivity contribution in [1.82, 2.24) is 10.2 Å². The Hall–Kier alpha value is -1.17. The van der Waals surface area contributed by atoms with Gasteiger partial charge in [-0.25, -0.2) is 0 Å². The van der Waals surface area contributed by atoms with Crippen LogP contribution in [0.15, 0.2) is 23.6 Å². The quantitative estimate of drug-likeness (QED) is 0.920. The first-order valence-electron chi connectivity index (χ1n) is 7.49. The van der Waals surface area contributed by atoms with E-state index in [0.29, 0.717) is 6.04 Å². The summed E-state index contributed by atoms with van der Waals surface area (Å²) in [6.07, 6.45) is 3.43. The average Bonchev–Trinajstić information content (AvgIpc) is 3.24. The van der Waals surface area contributed by atoms with Gasteiger partial charge >= 0.3 is 0 Å². The van der Waals surface area contributed by atoms with E-state index < -0.39 is 0 Å². The van der Waals surface area contributed by atoms with Crippen molar-refractivity contribution in [3.63, 3.8) is 0 Å². The predicted molar refractivity (Wildman–Crippen MR) is 87.1 cm³/mol. The molecule has 110 valence electrons. The van der Waals surface area contributed by atoms with Crippen LogP contribution in [0.3, 0.4) is 0 Å². The highest BCUT2D eigenvalue weighted by molar-refractivity contribution is 7.14. The molecular formula is C16H18N2OS2. The molecule has 1 amide bonds. The number of carbonyl (C=O) groups is 1. The molecule has 0 aliphatic carbocycles. The molecule has 1 atom stereocenters. The first kappa shape index (κ1) is 13.5. The lowest BCUT2D eigenvalue weighted by atomic mass is 10.1. The van der Waals surface area contributed by atoms with Gasteiger partial charge in [-0.3, -0.25) is 4.79 Å². The second-order valence-corrected chi connectivity index (χ2v) is 7.81. The normalized spacial score (nSPS) is 21.5. The van der Waals surface area contributed by atoms with Gasteiger partial charge in [0, 0.05) is 28.9 Å². The van der Waals surface area contributed by atoms with Gasteiger partial charge in [0.1, 0.15) is 0 Å². The highest BCUT2D eigenvalue weighted by Gasteiger charge is 2.25. The summed E-state index contributed by atoms with van der Waals surface area (Å²) in [5.74, 6) is 0.195. The van der Waals surface area contributed by atoms with E-state index >= 15 is 0 Å². The van der Waals surface area contributed by atoms with Gasteiger partial charge in [-0.2, -0.15) is 0 Å². The van der Waals surface area contributed by atoms with Crippen molar-refractivity contribution in [3.8, 4) is 0 Å². The summed E-state index contributed by atoms with van der Waals surface area (Å²) in [6.45, 7) is 2.72. The topological polar surface area (TPSA) is 32.3 Å². The summed E-state index contributed by atoms with van der Waals surface area (Å²) in [7, 11) is 0. The van der Waals surface area contributed by atoms with E-state index in [-0.39, 0.29) is 5.91 Å². The van der Waals surface area contributed by atoms with Gasteiger partial charge < -0.3 is 10.2 Å². The van der Waals surface area contributed by atoms with Gasteiger partial charge in [-0.1, -0.05) is 0 Å². The number of rotatable bonds is 2. The molecule has 1 unspecified atom stereocenters. The smallest absolute Gasteiger partial charge is 0.264 e. The molecule has 2 aliphatic rings. The molecule has 1 N–H and O–H groups in total.